The first kappa shape index (κ1) is 15.1. The summed E-state index contributed by atoms with van der Waals surface area (Å²) >= 11 is 0. The van der Waals surface area contributed by atoms with E-state index in [1.807, 2.05) is 24.3 Å². The number of benzene rings is 1. The van der Waals surface area contributed by atoms with Crippen molar-refractivity contribution in [3.63, 3.8) is 0 Å². The Bertz CT molecular complexity index is 378. The second-order valence-electron chi connectivity index (χ2n) is 5.08. The summed E-state index contributed by atoms with van der Waals surface area (Å²) in [5, 5.41) is 3.52. The highest BCUT2D eigenvalue weighted by Gasteiger charge is 2.11. The zero-order chi connectivity index (χ0) is 14.0. The Morgan fingerprint density at radius 1 is 1.15 bits per heavy atom. The number of hydrogen-bond acceptors (Lipinski definition) is 4. The van der Waals surface area contributed by atoms with Crippen molar-refractivity contribution in [2.45, 2.75) is 31.7 Å². The maximum atomic E-state index is 5.62. The Kier molecular flexibility index (Phi) is 6.68. The maximum absolute atomic E-state index is 5.62. The number of piperidine rings is 1. The van der Waals surface area contributed by atoms with E-state index in [0.29, 0.717) is 19.3 Å². The Balaban J connectivity index is 1.52. The highest BCUT2D eigenvalue weighted by Crippen LogP contribution is 2.18. The van der Waals surface area contributed by atoms with Gasteiger partial charge in [0.2, 0.25) is 0 Å². The van der Waals surface area contributed by atoms with E-state index in [0.717, 1.165) is 31.1 Å². The molecule has 4 nitrogen and oxygen atoms in total. The van der Waals surface area contributed by atoms with E-state index in [4.69, 9.17) is 14.2 Å². The van der Waals surface area contributed by atoms with E-state index in [1.165, 1.54) is 19.3 Å². The van der Waals surface area contributed by atoms with Crippen molar-refractivity contribution in [1.82, 2.24) is 5.32 Å². The first-order valence-electron chi connectivity index (χ1n) is 7.46. The molecular formula is C16H25NO3. The van der Waals surface area contributed by atoms with Crippen LogP contribution < -0.4 is 14.8 Å². The Morgan fingerprint density at radius 3 is 2.85 bits per heavy atom. The molecule has 0 bridgehead atoms. The largest absolute Gasteiger partial charge is 0.497 e. The topological polar surface area (TPSA) is 39.7 Å². The second-order valence-corrected chi connectivity index (χ2v) is 5.08. The summed E-state index contributed by atoms with van der Waals surface area (Å²) in [4.78, 5) is 0. The van der Waals surface area contributed by atoms with Crippen molar-refractivity contribution >= 4 is 0 Å². The Morgan fingerprint density at radius 2 is 2.05 bits per heavy atom. The highest BCUT2D eigenvalue weighted by molar-refractivity contribution is 5.32. The van der Waals surface area contributed by atoms with Gasteiger partial charge in [0.05, 0.1) is 13.7 Å². The predicted octanol–water partition coefficient (Wildman–Crippen LogP) is 2.62. The van der Waals surface area contributed by atoms with Gasteiger partial charge < -0.3 is 19.5 Å². The molecule has 1 fully saturated rings. The minimum absolute atomic E-state index is 0.575. The van der Waals surface area contributed by atoms with E-state index < -0.39 is 0 Å². The van der Waals surface area contributed by atoms with Crippen molar-refractivity contribution in [1.29, 1.82) is 0 Å². The summed E-state index contributed by atoms with van der Waals surface area (Å²) in [5.41, 5.74) is 0. The average Bonchev–Trinajstić information content (AvgIpc) is 2.52. The molecule has 0 aromatic heterocycles. The lowest BCUT2D eigenvalue weighted by Gasteiger charge is -2.23. The molecule has 4 heteroatoms. The summed E-state index contributed by atoms with van der Waals surface area (Å²) in [7, 11) is 1.65. The molecule has 1 N–H and O–H groups in total. The summed E-state index contributed by atoms with van der Waals surface area (Å²) in [6.07, 6.45) is 5.03. The molecule has 1 aliphatic rings. The summed E-state index contributed by atoms with van der Waals surface area (Å²) in [6, 6.07) is 8.27. The molecule has 20 heavy (non-hydrogen) atoms. The second kappa shape index (κ2) is 8.82. The van der Waals surface area contributed by atoms with E-state index >= 15 is 0 Å². The Labute approximate surface area is 121 Å². The third kappa shape index (κ3) is 5.39. The molecule has 1 aliphatic heterocycles. The molecule has 1 saturated heterocycles. The Hall–Kier alpha value is -1.26. The van der Waals surface area contributed by atoms with Gasteiger partial charge in [0.25, 0.3) is 0 Å². The van der Waals surface area contributed by atoms with Crippen LogP contribution in [0.3, 0.4) is 0 Å². The van der Waals surface area contributed by atoms with E-state index in [1.54, 1.807) is 7.11 Å². The van der Waals surface area contributed by atoms with Crippen molar-refractivity contribution in [3.05, 3.63) is 24.3 Å². The van der Waals surface area contributed by atoms with Gasteiger partial charge in [-0.3, -0.25) is 0 Å². The van der Waals surface area contributed by atoms with Gasteiger partial charge in [-0.05, 0) is 37.9 Å². The lowest BCUT2D eigenvalue weighted by atomic mass is 10.0. The number of rotatable bonds is 8. The van der Waals surface area contributed by atoms with Crippen LogP contribution in [0.15, 0.2) is 24.3 Å². The normalized spacial score (nSPS) is 18.8. The minimum atomic E-state index is 0.575. The van der Waals surface area contributed by atoms with Crippen LogP contribution in [-0.2, 0) is 4.74 Å². The summed E-state index contributed by atoms with van der Waals surface area (Å²) in [5.74, 6) is 1.63. The molecule has 1 atom stereocenters. The third-order valence-corrected chi connectivity index (χ3v) is 3.56. The molecule has 112 valence electrons. The average molecular weight is 279 g/mol. The lowest BCUT2D eigenvalue weighted by Crippen LogP contribution is -2.34. The molecular weight excluding hydrogens is 254 g/mol. The van der Waals surface area contributed by atoms with Gasteiger partial charge in [-0.1, -0.05) is 12.5 Å². The molecule has 1 aromatic carbocycles. The minimum Gasteiger partial charge on any atom is -0.497 e. The highest BCUT2D eigenvalue weighted by atomic mass is 16.5. The number of nitrogens with one attached hydrogen (secondary N) is 1. The fourth-order valence-electron chi connectivity index (χ4n) is 2.41. The van der Waals surface area contributed by atoms with Gasteiger partial charge in [0.1, 0.15) is 18.1 Å². The van der Waals surface area contributed by atoms with Crippen molar-refractivity contribution in [2.24, 2.45) is 0 Å². The fraction of sp³-hybridized carbons (Fsp3) is 0.625. The van der Waals surface area contributed by atoms with Gasteiger partial charge in [0.15, 0.2) is 0 Å². The lowest BCUT2D eigenvalue weighted by molar-refractivity contribution is 0.0910. The van der Waals surface area contributed by atoms with Crippen molar-refractivity contribution in [3.8, 4) is 11.5 Å². The van der Waals surface area contributed by atoms with Crippen LogP contribution in [0.2, 0.25) is 0 Å². The number of methoxy groups -OCH3 is 1. The first-order chi connectivity index (χ1) is 9.88. The molecule has 1 heterocycles. The van der Waals surface area contributed by atoms with Crippen LogP contribution in [0.1, 0.15) is 25.7 Å². The number of ether oxygens (including phenoxy) is 3. The molecule has 0 spiro atoms. The standard InChI is InChI=1S/C16H25NO3/c1-18-15-6-4-7-16(13-15)20-12-11-19-10-8-14-5-2-3-9-17-14/h4,6-7,13-14,17H,2-3,5,8-12H2,1H3. The third-order valence-electron chi connectivity index (χ3n) is 3.56. The van der Waals surface area contributed by atoms with Gasteiger partial charge in [-0.25, -0.2) is 0 Å². The van der Waals surface area contributed by atoms with Crippen molar-refractivity contribution in [2.75, 3.05) is 33.5 Å². The van der Waals surface area contributed by atoms with Crippen LogP contribution >= 0.6 is 0 Å². The molecule has 2 rings (SSSR count). The zero-order valence-corrected chi connectivity index (χ0v) is 12.3. The monoisotopic (exact) mass is 279 g/mol. The zero-order valence-electron chi connectivity index (χ0n) is 12.3. The molecule has 0 saturated carbocycles. The molecule has 0 radical (unpaired) electrons. The SMILES string of the molecule is COc1cccc(OCCOCCC2CCCCN2)c1. The van der Waals surface area contributed by atoms with Crippen molar-refractivity contribution < 1.29 is 14.2 Å². The van der Waals surface area contributed by atoms with E-state index in [-0.39, 0.29) is 0 Å². The van der Waals surface area contributed by atoms with Crippen LogP contribution in [0.4, 0.5) is 0 Å². The number of hydrogen-bond donors (Lipinski definition) is 1. The van der Waals surface area contributed by atoms with Gasteiger partial charge >= 0.3 is 0 Å². The van der Waals surface area contributed by atoms with Gasteiger partial charge in [-0.2, -0.15) is 0 Å². The van der Waals surface area contributed by atoms with Crippen LogP contribution in [-0.4, -0.2) is 39.5 Å². The molecule has 0 amide bonds. The van der Waals surface area contributed by atoms with E-state index in [2.05, 4.69) is 5.32 Å². The summed E-state index contributed by atoms with van der Waals surface area (Å²) < 4.78 is 16.4. The molecule has 1 aromatic rings. The summed E-state index contributed by atoms with van der Waals surface area (Å²) in [6.45, 7) is 3.16. The first-order valence-corrected chi connectivity index (χ1v) is 7.46. The van der Waals surface area contributed by atoms with Crippen LogP contribution in [0.25, 0.3) is 0 Å². The molecule has 1 unspecified atom stereocenters. The van der Waals surface area contributed by atoms with Gasteiger partial charge in [-0.15, -0.1) is 0 Å². The van der Waals surface area contributed by atoms with Gasteiger partial charge in [0, 0.05) is 18.7 Å². The maximum Gasteiger partial charge on any atom is 0.123 e. The van der Waals surface area contributed by atoms with Crippen LogP contribution in [0, 0.1) is 0 Å². The molecule has 0 aliphatic carbocycles. The van der Waals surface area contributed by atoms with Crippen LogP contribution in [0.5, 0.6) is 11.5 Å². The quantitative estimate of drug-likeness (QED) is 0.743. The van der Waals surface area contributed by atoms with E-state index in [9.17, 15) is 0 Å². The predicted molar refractivity (Wildman–Crippen MR) is 79.6 cm³/mol. The smallest absolute Gasteiger partial charge is 0.123 e. The fourth-order valence-corrected chi connectivity index (χ4v) is 2.41.